The maximum absolute atomic E-state index is 14.5. The predicted octanol–water partition coefficient (Wildman–Crippen LogP) is 2.96. The van der Waals surface area contributed by atoms with Crippen LogP contribution in [0.15, 0.2) is 43.1 Å². The molecule has 0 spiro atoms. The third kappa shape index (κ3) is 3.16. The largest absolute Gasteiger partial charge is 0.493 e. The molecule has 5 aromatic rings. The Morgan fingerprint density at radius 1 is 1.18 bits per heavy atom. The van der Waals surface area contributed by atoms with Crippen molar-refractivity contribution in [3.63, 3.8) is 0 Å². The van der Waals surface area contributed by atoms with Gasteiger partial charge in [-0.15, -0.1) is 10.2 Å². The van der Waals surface area contributed by atoms with Crippen LogP contribution in [-0.4, -0.2) is 45.9 Å². The van der Waals surface area contributed by atoms with Crippen molar-refractivity contribution in [2.24, 2.45) is 0 Å². The minimum atomic E-state index is -0.652. The van der Waals surface area contributed by atoms with E-state index in [1.165, 1.54) is 12.4 Å². The second-order valence-corrected chi connectivity index (χ2v) is 8.07. The van der Waals surface area contributed by atoms with E-state index in [-0.39, 0.29) is 12.4 Å². The number of halogens is 1. The van der Waals surface area contributed by atoms with Gasteiger partial charge in [0.05, 0.1) is 18.4 Å². The summed E-state index contributed by atoms with van der Waals surface area (Å²) in [6.45, 7) is 2.70. The summed E-state index contributed by atoms with van der Waals surface area (Å²) in [6, 6.07) is 6.79. The lowest BCUT2D eigenvalue weighted by molar-refractivity contribution is 0.166. The minimum Gasteiger partial charge on any atom is -0.493 e. The summed E-state index contributed by atoms with van der Waals surface area (Å²) in [7, 11) is 0. The van der Waals surface area contributed by atoms with Gasteiger partial charge in [0.25, 0.3) is 0 Å². The Bertz CT molecular complexity index is 1530. The average molecular weight is 460 g/mol. The second kappa shape index (κ2) is 8.03. The molecule has 1 unspecified atom stereocenters. The van der Waals surface area contributed by atoms with E-state index >= 15 is 0 Å². The van der Waals surface area contributed by atoms with Crippen LogP contribution in [0.5, 0.6) is 5.75 Å². The van der Waals surface area contributed by atoms with Gasteiger partial charge < -0.3 is 15.2 Å². The maximum Gasteiger partial charge on any atom is 0.210 e. The van der Waals surface area contributed by atoms with Crippen molar-refractivity contribution in [3.8, 4) is 16.9 Å². The molecule has 0 fully saturated rings. The van der Waals surface area contributed by atoms with Crippen LogP contribution in [0.25, 0.3) is 22.4 Å². The summed E-state index contributed by atoms with van der Waals surface area (Å²) < 4.78 is 23.4. The highest BCUT2D eigenvalue weighted by molar-refractivity contribution is 5.86. The van der Waals surface area contributed by atoms with Crippen molar-refractivity contribution in [1.29, 1.82) is 0 Å². The Kier molecular flexibility index (Phi) is 4.84. The van der Waals surface area contributed by atoms with Crippen LogP contribution in [0.4, 0.5) is 10.3 Å². The number of rotatable bonds is 6. The maximum atomic E-state index is 14.5. The number of aliphatic hydroxyl groups is 1. The molecule has 10 nitrogen and oxygen atoms in total. The number of benzene rings is 1. The van der Waals surface area contributed by atoms with Gasteiger partial charge in [0.15, 0.2) is 11.3 Å². The van der Waals surface area contributed by atoms with Crippen LogP contribution >= 0.6 is 0 Å². The standard InChI is InChI=1S/C23H21FN8O2/c1-2-19(33)18-5-3-14(21-27-11-29-32(18)21)16-10-26-23(31-12-28-30-22(16)31)25-9-15-13-7-8-34-20(13)6-4-17(15)24/h3-6,10-12,19,33H,2,7-9H2,1H3,(H,25,26). The molecule has 6 rings (SSSR count). The molecule has 1 aliphatic rings. The molecule has 0 radical (unpaired) electrons. The van der Waals surface area contributed by atoms with E-state index in [4.69, 9.17) is 4.74 Å². The fourth-order valence-electron chi connectivity index (χ4n) is 4.41. The molecule has 1 aromatic carbocycles. The molecule has 0 saturated heterocycles. The van der Waals surface area contributed by atoms with Gasteiger partial charge in [-0.25, -0.2) is 18.9 Å². The smallest absolute Gasteiger partial charge is 0.210 e. The number of aromatic nitrogens is 7. The third-order valence-corrected chi connectivity index (χ3v) is 6.17. The van der Waals surface area contributed by atoms with Crippen LogP contribution in [0.3, 0.4) is 0 Å². The van der Waals surface area contributed by atoms with Crippen molar-refractivity contribution in [2.75, 3.05) is 11.9 Å². The van der Waals surface area contributed by atoms with Gasteiger partial charge >= 0.3 is 0 Å². The molecule has 5 heterocycles. The van der Waals surface area contributed by atoms with Crippen molar-refractivity contribution in [3.05, 3.63) is 65.8 Å². The first kappa shape index (κ1) is 20.5. The van der Waals surface area contributed by atoms with E-state index in [1.54, 1.807) is 27.5 Å². The number of aliphatic hydroxyl groups excluding tert-OH is 1. The summed E-state index contributed by atoms with van der Waals surface area (Å²) >= 11 is 0. The lowest BCUT2D eigenvalue weighted by Crippen LogP contribution is -2.10. The lowest BCUT2D eigenvalue weighted by atomic mass is 10.0. The molecule has 34 heavy (non-hydrogen) atoms. The van der Waals surface area contributed by atoms with E-state index in [1.807, 2.05) is 19.1 Å². The number of fused-ring (bicyclic) bond motifs is 3. The second-order valence-electron chi connectivity index (χ2n) is 8.07. The van der Waals surface area contributed by atoms with Crippen molar-refractivity contribution in [2.45, 2.75) is 32.4 Å². The van der Waals surface area contributed by atoms with Crippen LogP contribution in [0.1, 0.15) is 36.3 Å². The molecule has 11 heteroatoms. The monoisotopic (exact) mass is 460 g/mol. The Balaban J connectivity index is 1.38. The minimum absolute atomic E-state index is 0.246. The van der Waals surface area contributed by atoms with Crippen LogP contribution < -0.4 is 10.1 Å². The predicted molar refractivity (Wildman–Crippen MR) is 121 cm³/mol. The zero-order valence-electron chi connectivity index (χ0n) is 18.3. The van der Waals surface area contributed by atoms with E-state index < -0.39 is 6.10 Å². The summed E-state index contributed by atoms with van der Waals surface area (Å²) in [5.41, 5.74) is 4.71. The van der Waals surface area contributed by atoms with E-state index in [2.05, 4.69) is 30.6 Å². The zero-order valence-corrected chi connectivity index (χ0v) is 18.3. The highest BCUT2D eigenvalue weighted by Gasteiger charge is 2.21. The van der Waals surface area contributed by atoms with E-state index in [0.717, 1.165) is 16.9 Å². The normalized spacial score (nSPS) is 13.9. The highest BCUT2D eigenvalue weighted by atomic mass is 19.1. The highest BCUT2D eigenvalue weighted by Crippen LogP contribution is 2.32. The van der Waals surface area contributed by atoms with Gasteiger partial charge in [0, 0.05) is 41.4 Å². The molecule has 172 valence electrons. The van der Waals surface area contributed by atoms with E-state index in [9.17, 15) is 9.50 Å². The van der Waals surface area contributed by atoms with Crippen LogP contribution in [-0.2, 0) is 13.0 Å². The van der Waals surface area contributed by atoms with Gasteiger partial charge in [-0.2, -0.15) is 5.10 Å². The van der Waals surface area contributed by atoms with Crippen LogP contribution in [0.2, 0.25) is 0 Å². The molecule has 2 N–H and O–H groups in total. The average Bonchev–Trinajstić information content (AvgIpc) is 3.62. The number of nitrogens with one attached hydrogen (secondary N) is 1. The molecule has 1 aliphatic heterocycles. The molecule has 0 aliphatic carbocycles. The fraction of sp³-hybridized carbons (Fsp3) is 0.261. The van der Waals surface area contributed by atoms with Gasteiger partial charge in [-0.05, 0) is 30.7 Å². The molecule has 0 saturated carbocycles. The van der Waals surface area contributed by atoms with Crippen molar-refractivity contribution < 1.29 is 14.2 Å². The number of anilines is 1. The molecular weight excluding hydrogens is 439 g/mol. The molecule has 0 bridgehead atoms. The Morgan fingerprint density at radius 2 is 2.09 bits per heavy atom. The van der Waals surface area contributed by atoms with Crippen molar-refractivity contribution in [1.82, 2.24) is 34.2 Å². The third-order valence-electron chi connectivity index (χ3n) is 6.17. The molecule has 1 atom stereocenters. The molecular formula is C23H21FN8O2. The number of hydrogen-bond acceptors (Lipinski definition) is 8. The topological polar surface area (TPSA) is 115 Å². The Hall–Kier alpha value is -4.12. The Morgan fingerprint density at radius 3 is 2.97 bits per heavy atom. The summed E-state index contributed by atoms with van der Waals surface area (Å²) in [4.78, 5) is 8.96. The summed E-state index contributed by atoms with van der Waals surface area (Å²) in [6.07, 6.45) is 5.27. The van der Waals surface area contributed by atoms with Crippen molar-refractivity contribution >= 4 is 17.2 Å². The SMILES string of the molecule is CCC(O)c1ccc(-c2cnc(NCc3c(F)ccc4c3CCO4)n3cnnc23)c2ncnn12. The number of ether oxygens (including phenoxy) is 1. The molecule has 4 aromatic heterocycles. The lowest BCUT2D eigenvalue weighted by Gasteiger charge is -2.14. The Labute approximate surface area is 193 Å². The quantitative estimate of drug-likeness (QED) is 0.398. The summed E-state index contributed by atoms with van der Waals surface area (Å²) in [5, 5.41) is 26.2. The molecule has 0 amide bonds. The zero-order chi connectivity index (χ0) is 23.2. The van der Waals surface area contributed by atoms with Gasteiger partial charge in [0.2, 0.25) is 5.95 Å². The van der Waals surface area contributed by atoms with Gasteiger partial charge in [0.1, 0.15) is 24.2 Å². The number of pyridine rings is 1. The van der Waals surface area contributed by atoms with Gasteiger partial charge in [-0.1, -0.05) is 6.92 Å². The first-order valence-corrected chi connectivity index (χ1v) is 11.0. The van der Waals surface area contributed by atoms with Crippen LogP contribution in [0, 0.1) is 5.82 Å². The number of nitrogens with zero attached hydrogens (tertiary/aromatic N) is 7. The van der Waals surface area contributed by atoms with Gasteiger partial charge in [-0.3, -0.25) is 4.40 Å². The fourth-order valence-corrected chi connectivity index (χ4v) is 4.41. The first-order chi connectivity index (χ1) is 16.7. The summed E-state index contributed by atoms with van der Waals surface area (Å²) in [5.74, 6) is 0.928. The first-order valence-electron chi connectivity index (χ1n) is 11.0. The number of hydrogen-bond donors (Lipinski definition) is 2. The van der Waals surface area contributed by atoms with E-state index in [0.29, 0.717) is 53.5 Å².